The fourth-order valence-electron chi connectivity index (χ4n) is 4.82. The van der Waals surface area contributed by atoms with Crippen molar-refractivity contribution in [3.8, 4) is 0 Å². The SMILES string of the molecule is NCC[C@@H]1N[C@H](CNC(=O)/C=C/c2ccc(F)cc2)CCN(CC(c2ccccc2)c2ccccc2)C1=O. The summed E-state index contributed by atoms with van der Waals surface area (Å²) in [6.45, 7) is 1.91. The molecule has 0 saturated carbocycles. The average Bonchev–Trinajstić information content (AvgIpc) is 3.09. The Kier molecular flexibility index (Phi) is 9.78. The van der Waals surface area contributed by atoms with Crippen molar-refractivity contribution in [1.82, 2.24) is 15.5 Å². The van der Waals surface area contributed by atoms with Crippen LogP contribution in [0.4, 0.5) is 4.39 Å². The Balaban J connectivity index is 1.42. The zero-order chi connectivity index (χ0) is 26.7. The second-order valence-corrected chi connectivity index (χ2v) is 9.57. The first-order valence-corrected chi connectivity index (χ1v) is 13.1. The average molecular weight is 515 g/mol. The summed E-state index contributed by atoms with van der Waals surface area (Å²) < 4.78 is 13.1. The van der Waals surface area contributed by atoms with E-state index in [0.717, 1.165) is 16.7 Å². The Morgan fingerprint density at radius 2 is 1.66 bits per heavy atom. The molecule has 0 aliphatic carbocycles. The van der Waals surface area contributed by atoms with E-state index in [-0.39, 0.29) is 29.6 Å². The lowest BCUT2D eigenvalue weighted by atomic mass is 9.90. The van der Waals surface area contributed by atoms with Crippen molar-refractivity contribution >= 4 is 17.9 Å². The summed E-state index contributed by atoms with van der Waals surface area (Å²) in [6.07, 6.45) is 4.30. The summed E-state index contributed by atoms with van der Waals surface area (Å²) in [5.74, 6) is -0.474. The lowest BCUT2D eigenvalue weighted by Crippen LogP contribution is -2.49. The summed E-state index contributed by atoms with van der Waals surface area (Å²) >= 11 is 0. The van der Waals surface area contributed by atoms with Crippen molar-refractivity contribution in [3.05, 3.63) is 114 Å². The van der Waals surface area contributed by atoms with Gasteiger partial charge in [-0.05, 0) is 54.3 Å². The molecule has 4 N–H and O–H groups in total. The number of halogens is 1. The van der Waals surface area contributed by atoms with E-state index in [2.05, 4.69) is 34.9 Å². The maximum absolute atomic E-state index is 13.6. The van der Waals surface area contributed by atoms with Crippen LogP contribution in [0.3, 0.4) is 0 Å². The minimum absolute atomic E-state index is 0.0392. The highest BCUT2D eigenvalue weighted by Crippen LogP contribution is 2.27. The first-order chi connectivity index (χ1) is 18.5. The third-order valence-electron chi connectivity index (χ3n) is 6.88. The highest BCUT2D eigenvalue weighted by molar-refractivity contribution is 5.91. The fourth-order valence-corrected chi connectivity index (χ4v) is 4.82. The zero-order valence-corrected chi connectivity index (χ0v) is 21.4. The number of nitrogens with one attached hydrogen (secondary N) is 2. The van der Waals surface area contributed by atoms with Gasteiger partial charge in [0.15, 0.2) is 0 Å². The minimum atomic E-state index is -0.411. The largest absolute Gasteiger partial charge is 0.351 e. The molecule has 0 radical (unpaired) electrons. The van der Waals surface area contributed by atoms with Gasteiger partial charge in [-0.25, -0.2) is 4.39 Å². The second-order valence-electron chi connectivity index (χ2n) is 9.57. The molecule has 198 valence electrons. The molecule has 2 amide bonds. The van der Waals surface area contributed by atoms with Crippen LogP contribution in [0.5, 0.6) is 0 Å². The highest BCUT2D eigenvalue weighted by Gasteiger charge is 2.32. The lowest BCUT2D eigenvalue weighted by Gasteiger charge is -2.29. The standard InChI is InChI=1S/C31H35FN4O2/c32-26-14-11-23(12-15-26)13-16-30(37)34-21-27-18-20-36(31(38)29(35-27)17-19-33)22-28(24-7-3-1-4-8-24)25-9-5-2-6-10-25/h1-16,27-29,35H,17-22,33H2,(H,34,37)/b16-13+/t27-,29-/m0/s1. The minimum Gasteiger partial charge on any atom is -0.351 e. The van der Waals surface area contributed by atoms with E-state index in [9.17, 15) is 14.0 Å². The predicted octanol–water partition coefficient (Wildman–Crippen LogP) is 3.70. The summed E-state index contributed by atoms with van der Waals surface area (Å²) in [6, 6.07) is 26.0. The zero-order valence-electron chi connectivity index (χ0n) is 21.4. The molecule has 38 heavy (non-hydrogen) atoms. The maximum atomic E-state index is 13.6. The summed E-state index contributed by atoms with van der Waals surface area (Å²) in [5, 5.41) is 6.36. The van der Waals surface area contributed by atoms with Crippen LogP contribution in [-0.2, 0) is 9.59 Å². The van der Waals surface area contributed by atoms with Gasteiger partial charge in [-0.15, -0.1) is 0 Å². The molecule has 0 bridgehead atoms. The Hall–Kier alpha value is -3.81. The number of rotatable bonds is 10. The molecule has 3 aromatic carbocycles. The van der Waals surface area contributed by atoms with Crippen molar-refractivity contribution in [2.45, 2.75) is 30.8 Å². The summed E-state index contributed by atoms with van der Waals surface area (Å²) in [4.78, 5) is 27.9. The van der Waals surface area contributed by atoms with E-state index in [1.807, 2.05) is 41.3 Å². The number of hydrogen-bond acceptors (Lipinski definition) is 4. The van der Waals surface area contributed by atoms with Crippen molar-refractivity contribution < 1.29 is 14.0 Å². The van der Waals surface area contributed by atoms with Gasteiger partial charge < -0.3 is 21.3 Å². The summed E-state index contributed by atoms with van der Waals surface area (Å²) in [7, 11) is 0. The molecule has 3 aromatic rings. The van der Waals surface area contributed by atoms with E-state index in [4.69, 9.17) is 5.73 Å². The third kappa shape index (κ3) is 7.60. The van der Waals surface area contributed by atoms with Crippen LogP contribution >= 0.6 is 0 Å². The van der Waals surface area contributed by atoms with Crippen LogP contribution in [-0.4, -0.2) is 55.0 Å². The molecular formula is C31H35FN4O2. The summed E-state index contributed by atoms with van der Waals surface area (Å²) in [5.41, 5.74) is 8.93. The molecule has 4 rings (SSSR count). The molecule has 0 unspecified atom stereocenters. The van der Waals surface area contributed by atoms with Gasteiger partial charge in [-0.1, -0.05) is 72.8 Å². The molecule has 1 saturated heterocycles. The monoisotopic (exact) mass is 514 g/mol. The highest BCUT2D eigenvalue weighted by atomic mass is 19.1. The molecule has 0 spiro atoms. The van der Waals surface area contributed by atoms with Crippen LogP contribution in [0.25, 0.3) is 6.08 Å². The van der Waals surface area contributed by atoms with Crippen molar-refractivity contribution in [2.75, 3.05) is 26.2 Å². The molecule has 1 aliphatic rings. The number of carbonyl (C=O) groups excluding carboxylic acids is 2. The normalized spacial score (nSPS) is 18.1. The number of nitrogens with two attached hydrogens (primary N) is 1. The van der Waals surface area contributed by atoms with E-state index in [0.29, 0.717) is 39.0 Å². The van der Waals surface area contributed by atoms with Gasteiger partial charge in [0.05, 0.1) is 6.04 Å². The number of carbonyl (C=O) groups is 2. The molecule has 7 heteroatoms. The molecule has 1 fully saturated rings. The number of benzene rings is 3. The van der Waals surface area contributed by atoms with Gasteiger partial charge in [0.25, 0.3) is 0 Å². The molecular weight excluding hydrogens is 479 g/mol. The van der Waals surface area contributed by atoms with Crippen LogP contribution in [0.1, 0.15) is 35.4 Å². The van der Waals surface area contributed by atoms with Gasteiger partial charge in [0.2, 0.25) is 11.8 Å². The Bertz CT molecular complexity index is 1160. The molecule has 1 heterocycles. The Morgan fingerprint density at radius 1 is 1.03 bits per heavy atom. The molecule has 6 nitrogen and oxygen atoms in total. The van der Waals surface area contributed by atoms with Crippen LogP contribution in [0.2, 0.25) is 0 Å². The van der Waals surface area contributed by atoms with Crippen molar-refractivity contribution in [2.24, 2.45) is 5.73 Å². The van der Waals surface area contributed by atoms with Crippen LogP contribution in [0.15, 0.2) is 91.0 Å². The Labute approximate surface area is 223 Å². The van der Waals surface area contributed by atoms with Gasteiger partial charge in [-0.2, -0.15) is 0 Å². The van der Waals surface area contributed by atoms with E-state index < -0.39 is 6.04 Å². The van der Waals surface area contributed by atoms with E-state index >= 15 is 0 Å². The Morgan fingerprint density at radius 3 is 2.26 bits per heavy atom. The molecule has 0 aromatic heterocycles. The smallest absolute Gasteiger partial charge is 0.244 e. The number of nitrogens with zero attached hydrogens (tertiary/aromatic N) is 1. The number of amides is 2. The fraction of sp³-hybridized carbons (Fsp3) is 0.290. The van der Waals surface area contributed by atoms with Gasteiger partial charge in [-0.3, -0.25) is 9.59 Å². The topological polar surface area (TPSA) is 87.5 Å². The molecule has 1 aliphatic heterocycles. The van der Waals surface area contributed by atoms with E-state index in [1.54, 1.807) is 18.2 Å². The first kappa shape index (κ1) is 27.2. The van der Waals surface area contributed by atoms with Crippen molar-refractivity contribution in [3.63, 3.8) is 0 Å². The second kappa shape index (κ2) is 13.7. The quantitative estimate of drug-likeness (QED) is 0.360. The van der Waals surface area contributed by atoms with Gasteiger partial charge >= 0.3 is 0 Å². The van der Waals surface area contributed by atoms with E-state index in [1.165, 1.54) is 18.2 Å². The lowest BCUT2D eigenvalue weighted by molar-refractivity contribution is -0.133. The van der Waals surface area contributed by atoms with Gasteiger partial charge in [0.1, 0.15) is 5.82 Å². The van der Waals surface area contributed by atoms with Crippen LogP contribution < -0.4 is 16.4 Å². The predicted molar refractivity (Wildman–Crippen MR) is 149 cm³/mol. The van der Waals surface area contributed by atoms with Crippen molar-refractivity contribution in [1.29, 1.82) is 0 Å². The number of hydrogen-bond donors (Lipinski definition) is 3. The van der Waals surface area contributed by atoms with Gasteiger partial charge in [0, 0.05) is 37.7 Å². The third-order valence-corrected chi connectivity index (χ3v) is 6.88. The first-order valence-electron chi connectivity index (χ1n) is 13.1. The molecule has 2 atom stereocenters. The maximum Gasteiger partial charge on any atom is 0.244 e. The van der Waals surface area contributed by atoms with Crippen LogP contribution in [0, 0.1) is 5.82 Å².